The van der Waals surface area contributed by atoms with E-state index in [4.69, 9.17) is 9.47 Å². The summed E-state index contributed by atoms with van der Waals surface area (Å²) in [6.07, 6.45) is 0.950. The van der Waals surface area contributed by atoms with E-state index in [1.807, 2.05) is 104 Å². The van der Waals surface area contributed by atoms with Crippen molar-refractivity contribution in [2.75, 3.05) is 30.0 Å². The summed E-state index contributed by atoms with van der Waals surface area (Å²) in [4.78, 5) is 27.6. The number of hydrogen-bond acceptors (Lipinski definition) is 4. The fourth-order valence-corrected chi connectivity index (χ4v) is 4.77. The van der Waals surface area contributed by atoms with Gasteiger partial charge in [0, 0.05) is 24.6 Å². The zero-order chi connectivity index (χ0) is 27.0. The lowest BCUT2D eigenvalue weighted by atomic mass is 9.88. The van der Waals surface area contributed by atoms with Crippen LogP contribution in [0.1, 0.15) is 35.4 Å². The van der Waals surface area contributed by atoms with Crippen LogP contribution in [-0.4, -0.2) is 31.6 Å². The minimum atomic E-state index is -0.116. The standard InChI is InChI=1S/C33H32N2O4/c1-24-13-16-28(17-14-24)38-20-8-19-35-30-21-27(15-18-31(30)39-23-33(35)37)34-32(36)22-29(25-9-4-2-5-10-25)26-11-6-3-7-12-26/h2-7,9-18,21,29H,8,19-20,22-23H2,1H3,(H,34,36). The van der Waals surface area contributed by atoms with E-state index in [0.717, 1.165) is 16.9 Å². The first-order valence-corrected chi connectivity index (χ1v) is 13.2. The lowest BCUT2D eigenvalue weighted by Crippen LogP contribution is -2.39. The molecule has 0 fully saturated rings. The van der Waals surface area contributed by atoms with E-state index in [1.165, 1.54) is 5.56 Å². The smallest absolute Gasteiger partial charge is 0.265 e. The molecular formula is C33H32N2O4. The van der Waals surface area contributed by atoms with Gasteiger partial charge < -0.3 is 19.7 Å². The summed E-state index contributed by atoms with van der Waals surface area (Å²) in [5.74, 6) is 1.14. The molecule has 39 heavy (non-hydrogen) atoms. The van der Waals surface area contributed by atoms with Crippen molar-refractivity contribution < 1.29 is 19.1 Å². The van der Waals surface area contributed by atoms with E-state index < -0.39 is 0 Å². The molecule has 1 aliphatic heterocycles. The average Bonchev–Trinajstić information content (AvgIpc) is 2.97. The molecule has 0 spiro atoms. The van der Waals surface area contributed by atoms with Gasteiger partial charge in [0.1, 0.15) is 11.5 Å². The lowest BCUT2D eigenvalue weighted by Gasteiger charge is -2.30. The molecule has 0 aromatic heterocycles. The molecule has 0 saturated heterocycles. The van der Waals surface area contributed by atoms with Gasteiger partial charge in [-0.05, 0) is 54.8 Å². The van der Waals surface area contributed by atoms with Gasteiger partial charge in [-0.1, -0.05) is 78.4 Å². The lowest BCUT2D eigenvalue weighted by molar-refractivity contribution is -0.121. The number of aryl methyl sites for hydroxylation is 1. The Hall–Kier alpha value is -4.58. The van der Waals surface area contributed by atoms with Crippen molar-refractivity contribution in [2.24, 2.45) is 0 Å². The SMILES string of the molecule is Cc1ccc(OCCCN2C(=O)COc3ccc(NC(=O)CC(c4ccccc4)c4ccccc4)cc32)cc1. The third kappa shape index (κ3) is 6.65. The molecule has 4 aromatic carbocycles. The van der Waals surface area contributed by atoms with Gasteiger partial charge in [-0.15, -0.1) is 0 Å². The second kappa shape index (κ2) is 12.3. The topological polar surface area (TPSA) is 67.9 Å². The summed E-state index contributed by atoms with van der Waals surface area (Å²) in [6, 6.07) is 33.4. The van der Waals surface area contributed by atoms with E-state index in [0.29, 0.717) is 43.1 Å². The highest BCUT2D eigenvalue weighted by molar-refractivity contribution is 5.99. The van der Waals surface area contributed by atoms with Gasteiger partial charge in [0.05, 0.1) is 12.3 Å². The highest BCUT2D eigenvalue weighted by Gasteiger charge is 2.26. The summed E-state index contributed by atoms with van der Waals surface area (Å²) in [7, 11) is 0. The maximum absolute atomic E-state index is 13.2. The number of nitrogens with one attached hydrogen (secondary N) is 1. The Morgan fingerprint density at radius 1 is 0.923 bits per heavy atom. The summed E-state index contributed by atoms with van der Waals surface area (Å²) < 4.78 is 11.5. The molecule has 6 heteroatoms. The molecule has 6 nitrogen and oxygen atoms in total. The van der Waals surface area contributed by atoms with E-state index in [2.05, 4.69) is 5.32 Å². The molecule has 0 radical (unpaired) electrons. The average molecular weight is 521 g/mol. The number of carbonyl (C=O) groups is 2. The molecule has 1 heterocycles. The predicted molar refractivity (Wildman–Crippen MR) is 154 cm³/mol. The Balaban J connectivity index is 1.25. The van der Waals surface area contributed by atoms with Gasteiger partial charge in [0.15, 0.2) is 6.61 Å². The summed E-state index contributed by atoms with van der Waals surface area (Å²) in [6.45, 7) is 3.00. The number of benzene rings is 4. The number of nitrogens with zero attached hydrogens (tertiary/aromatic N) is 1. The molecular weight excluding hydrogens is 488 g/mol. The van der Waals surface area contributed by atoms with Gasteiger partial charge in [0.25, 0.3) is 5.91 Å². The Morgan fingerprint density at radius 3 is 2.26 bits per heavy atom. The Bertz CT molecular complexity index is 1370. The van der Waals surface area contributed by atoms with Crippen molar-refractivity contribution >= 4 is 23.2 Å². The Kier molecular flexibility index (Phi) is 8.22. The van der Waals surface area contributed by atoms with Crippen LogP contribution in [-0.2, 0) is 9.59 Å². The van der Waals surface area contributed by atoms with Gasteiger partial charge >= 0.3 is 0 Å². The molecule has 0 unspecified atom stereocenters. The number of amides is 2. The monoisotopic (exact) mass is 520 g/mol. The first kappa shape index (κ1) is 26.0. The molecule has 1 N–H and O–H groups in total. The largest absolute Gasteiger partial charge is 0.494 e. The fraction of sp³-hybridized carbons (Fsp3) is 0.212. The van der Waals surface area contributed by atoms with Crippen LogP contribution in [0, 0.1) is 6.92 Å². The van der Waals surface area contributed by atoms with Crippen LogP contribution in [0.2, 0.25) is 0 Å². The number of ether oxygens (including phenoxy) is 2. The summed E-state index contributed by atoms with van der Waals surface area (Å²) in [5, 5.41) is 3.03. The minimum Gasteiger partial charge on any atom is -0.494 e. The third-order valence-corrected chi connectivity index (χ3v) is 6.79. The van der Waals surface area contributed by atoms with Crippen molar-refractivity contribution in [3.8, 4) is 11.5 Å². The highest BCUT2D eigenvalue weighted by atomic mass is 16.5. The van der Waals surface area contributed by atoms with E-state index in [9.17, 15) is 9.59 Å². The Morgan fingerprint density at radius 2 is 1.59 bits per heavy atom. The maximum Gasteiger partial charge on any atom is 0.265 e. The van der Waals surface area contributed by atoms with Crippen LogP contribution in [0.3, 0.4) is 0 Å². The van der Waals surface area contributed by atoms with Crippen molar-refractivity contribution in [3.05, 3.63) is 120 Å². The van der Waals surface area contributed by atoms with E-state index in [-0.39, 0.29) is 24.3 Å². The van der Waals surface area contributed by atoms with Crippen molar-refractivity contribution in [2.45, 2.75) is 25.7 Å². The minimum absolute atomic E-state index is 0.00659. The van der Waals surface area contributed by atoms with Crippen LogP contribution in [0.4, 0.5) is 11.4 Å². The maximum atomic E-state index is 13.2. The first-order valence-electron chi connectivity index (χ1n) is 13.2. The van der Waals surface area contributed by atoms with Crippen molar-refractivity contribution in [3.63, 3.8) is 0 Å². The molecule has 1 aliphatic rings. The molecule has 4 aromatic rings. The molecule has 0 atom stereocenters. The van der Waals surface area contributed by atoms with E-state index >= 15 is 0 Å². The van der Waals surface area contributed by atoms with Crippen LogP contribution < -0.4 is 19.7 Å². The Labute approximate surface area is 229 Å². The molecule has 0 bridgehead atoms. The first-order chi connectivity index (χ1) is 19.1. The quantitative estimate of drug-likeness (QED) is 0.248. The highest BCUT2D eigenvalue weighted by Crippen LogP contribution is 2.35. The summed E-state index contributed by atoms with van der Waals surface area (Å²) >= 11 is 0. The molecule has 5 rings (SSSR count). The number of fused-ring (bicyclic) bond motifs is 1. The molecule has 198 valence electrons. The summed E-state index contributed by atoms with van der Waals surface area (Å²) in [5.41, 5.74) is 4.63. The third-order valence-electron chi connectivity index (χ3n) is 6.79. The fourth-order valence-electron chi connectivity index (χ4n) is 4.77. The van der Waals surface area contributed by atoms with Crippen molar-refractivity contribution in [1.29, 1.82) is 0 Å². The molecule has 0 aliphatic carbocycles. The number of anilines is 2. The van der Waals surface area contributed by atoms with Crippen LogP contribution in [0.5, 0.6) is 11.5 Å². The zero-order valence-electron chi connectivity index (χ0n) is 22.0. The number of rotatable bonds is 10. The molecule has 2 amide bonds. The number of hydrogen-bond donors (Lipinski definition) is 1. The van der Waals surface area contributed by atoms with Crippen LogP contribution >= 0.6 is 0 Å². The molecule has 0 saturated carbocycles. The van der Waals surface area contributed by atoms with Crippen molar-refractivity contribution in [1.82, 2.24) is 0 Å². The van der Waals surface area contributed by atoms with Crippen LogP contribution in [0.15, 0.2) is 103 Å². The predicted octanol–water partition coefficient (Wildman–Crippen LogP) is 6.35. The second-order valence-electron chi connectivity index (χ2n) is 9.66. The van der Waals surface area contributed by atoms with Gasteiger partial charge in [-0.25, -0.2) is 0 Å². The normalized spacial score (nSPS) is 12.6. The second-order valence-corrected chi connectivity index (χ2v) is 9.66. The van der Waals surface area contributed by atoms with Crippen LogP contribution in [0.25, 0.3) is 0 Å². The van der Waals surface area contributed by atoms with E-state index in [1.54, 1.807) is 11.0 Å². The van der Waals surface area contributed by atoms with Gasteiger partial charge in [-0.3, -0.25) is 9.59 Å². The van der Waals surface area contributed by atoms with Gasteiger partial charge in [0.2, 0.25) is 5.91 Å². The van der Waals surface area contributed by atoms with Gasteiger partial charge in [-0.2, -0.15) is 0 Å². The zero-order valence-corrected chi connectivity index (χ0v) is 22.0. The number of carbonyl (C=O) groups excluding carboxylic acids is 2.